The molecule has 8 nitrogen and oxygen atoms in total. The lowest BCUT2D eigenvalue weighted by Crippen LogP contribution is -2.26. The number of carbonyl (C=O) groups is 1. The van der Waals surface area contributed by atoms with Crippen molar-refractivity contribution in [2.24, 2.45) is 0 Å². The maximum absolute atomic E-state index is 12.4. The van der Waals surface area contributed by atoms with Crippen LogP contribution in [0.15, 0.2) is 52.6 Å². The Morgan fingerprint density at radius 3 is 2.60 bits per heavy atom. The second kappa shape index (κ2) is 6.75. The largest absolute Gasteiger partial charge is 0.478 e. The van der Waals surface area contributed by atoms with Gasteiger partial charge in [0.25, 0.3) is 10.0 Å². The Morgan fingerprint density at radius 1 is 1.32 bits per heavy atom. The lowest BCUT2D eigenvalue weighted by Gasteiger charge is -2.14. The van der Waals surface area contributed by atoms with E-state index >= 15 is 0 Å². The van der Waals surface area contributed by atoms with E-state index in [1.807, 2.05) is 12.1 Å². The number of hydrogen-bond acceptors (Lipinski definition) is 6. The van der Waals surface area contributed by atoms with Crippen molar-refractivity contribution >= 4 is 27.3 Å². The van der Waals surface area contributed by atoms with E-state index in [9.17, 15) is 13.2 Å². The molecule has 0 aliphatic heterocycles. The zero-order valence-electron chi connectivity index (χ0n) is 13.0. The molecule has 0 aliphatic carbocycles. The predicted octanol–water partition coefficient (Wildman–Crippen LogP) is 2.07. The fraction of sp³-hybridized carbons (Fsp3) is 0.133. The highest BCUT2D eigenvalue weighted by Crippen LogP contribution is 2.23. The summed E-state index contributed by atoms with van der Waals surface area (Å²) in [4.78, 5) is 14.8. The third kappa shape index (κ3) is 3.76. The maximum atomic E-state index is 12.4. The van der Waals surface area contributed by atoms with Gasteiger partial charge in [-0.05, 0) is 30.7 Å². The summed E-state index contributed by atoms with van der Waals surface area (Å²) in [5.41, 5.74) is 1.53. The van der Waals surface area contributed by atoms with Gasteiger partial charge in [0.15, 0.2) is 0 Å². The summed E-state index contributed by atoms with van der Waals surface area (Å²) in [6.45, 7) is 1.72. The van der Waals surface area contributed by atoms with Gasteiger partial charge in [0.2, 0.25) is 0 Å². The van der Waals surface area contributed by atoms with E-state index in [1.165, 1.54) is 11.7 Å². The summed E-state index contributed by atoms with van der Waals surface area (Å²) in [6, 6.07) is 7.87. The van der Waals surface area contributed by atoms with Crippen LogP contribution in [-0.2, 0) is 10.0 Å². The Morgan fingerprint density at radius 2 is 2.04 bits per heavy atom. The van der Waals surface area contributed by atoms with Crippen LogP contribution in [-0.4, -0.2) is 34.3 Å². The molecule has 0 saturated carbocycles. The van der Waals surface area contributed by atoms with Crippen LogP contribution >= 0.6 is 11.3 Å². The Hall–Kier alpha value is -2.56. The molecule has 130 valence electrons. The van der Waals surface area contributed by atoms with E-state index in [0.29, 0.717) is 0 Å². The molecule has 1 aromatic carbocycles. The molecule has 0 amide bonds. The number of sulfonamides is 1. The monoisotopic (exact) mass is 378 g/mol. The summed E-state index contributed by atoms with van der Waals surface area (Å²) in [7, 11) is -3.80. The van der Waals surface area contributed by atoms with Crippen LogP contribution in [0.4, 0.5) is 0 Å². The van der Waals surface area contributed by atoms with Gasteiger partial charge in [-0.1, -0.05) is 12.1 Å². The number of nitrogens with zero attached hydrogens (tertiary/aromatic N) is 3. The van der Waals surface area contributed by atoms with E-state index in [0.717, 1.165) is 28.7 Å². The van der Waals surface area contributed by atoms with E-state index in [4.69, 9.17) is 5.11 Å². The lowest BCUT2D eigenvalue weighted by molar-refractivity contribution is 0.0697. The zero-order chi connectivity index (χ0) is 18.0. The summed E-state index contributed by atoms with van der Waals surface area (Å²) in [5.74, 6) is -1.16. The van der Waals surface area contributed by atoms with Gasteiger partial charge in [-0.25, -0.2) is 27.6 Å². The fourth-order valence-corrected chi connectivity index (χ4v) is 4.59. The van der Waals surface area contributed by atoms with Gasteiger partial charge in [-0.2, -0.15) is 5.10 Å². The third-order valence-corrected chi connectivity index (χ3v) is 6.48. The van der Waals surface area contributed by atoms with Crippen molar-refractivity contribution in [2.45, 2.75) is 17.2 Å². The van der Waals surface area contributed by atoms with Gasteiger partial charge in [-0.15, -0.1) is 11.3 Å². The van der Waals surface area contributed by atoms with Crippen molar-refractivity contribution in [3.8, 4) is 5.69 Å². The molecule has 3 aromatic rings. The quantitative estimate of drug-likeness (QED) is 0.679. The number of hydrogen-bond donors (Lipinski definition) is 2. The topological polar surface area (TPSA) is 114 Å². The number of carboxylic acids is 1. The molecule has 0 bridgehead atoms. The molecular formula is C15H14N4O4S2. The standard InChI is InChI=1S/C15H14N4O4S2/c1-10(11-2-4-13(5-3-11)19-9-16-8-17-19)18-25(22,23)14-6-12(7-24-14)15(20)21/h2-10,18H,1H3,(H,20,21). The van der Waals surface area contributed by atoms with Gasteiger partial charge >= 0.3 is 5.97 Å². The Bertz CT molecular complexity index is 979. The molecule has 0 fully saturated rings. The number of aromatic carboxylic acids is 1. The lowest BCUT2D eigenvalue weighted by atomic mass is 10.1. The maximum Gasteiger partial charge on any atom is 0.336 e. The van der Waals surface area contributed by atoms with Gasteiger partial charge in [0, 0.05) is 11.4 Å². The van der Waals surface area contributed by atoms with Crippen molar-refractivity contribution in [1.82, 2.24) is 19.5 Å². The van der Waals surface area contributed by atoms with E-state index in [1.54, 1.807) is 30.1 Å². The zero-order valence-corrected chi connectivity index (χ0v) is 14.7. The number of nitrogens with one attached hydrogen (secondary N) is 1. The minimum absolute atomic E-state index is 0.0315. The van der Waals surface area contributed by atoms with Crippen molar-refractivity contribution in [3.05, 3.63) is 59.5 Å². The molecule has 3 rings (SSSR count). The fourth-order valence-electron chi connectivity index (χ4n) is 2.19. The molecule has 0 radical (unpaired) electrons. The van der Waals surface area contributed by atoms with Crippen molar-refractivity contribution in [2.75, 3.05) is 0 Å². The first-order valence-corrected chi connectivity index (χ1v) is 9.52. The number of aromatic nitrogens is 3. The molecule has 0 aliphatic rings. The minimum atomic E-state index is -3.80. The summed E-state index contributed by atoms with van der Waals surface area (Å²) >= 11 is 0.873. The van der Waals surface area contributed by atoms with Gasteiger partial charge in [0.1, 0.15) is 16.9 Å². The van der Waals surface area contributed by atoms with Crippen molar-refractivity contribution in [1.29, 1.82) is 0 Å². The Labute approximate surface area is 147 Å². The molecule has 0 spiro atoms. The van der Waals surface area contributed by atoms with Crippen LogP contribution < -0.4 is 4.72 Å². The minimum Gasteiger partial charge on any atom is -0.478 e. The van der Waals surface area contributed by atoms with Crippen molar-refractivity contribution in [3.63, 3.8) is 0 Å². The molecule has 2 aromatic heterocycles. The second-order valence-electron chi connectivity index (χ2n) is 5.23. The number of thiophene rings is 1. The molecule has 1 atom stereocenters. The molecular weight excluding hydrogens is 364 g/mol. The van der Waals surface area contributed by atoms with Crippen LogP contribution in [0.2, 0.25) is 0 Å². The van der Waals surface area contributed by atoms with E-state index in [2.05, 4.69) is 14.8 Å². The summed E-state index contributed by atoms with van der Waals surface area (Å²) < 4.78 is 28.9. The van der Waals surface area contributed by atoms with E-state index < -0.39 is 22.0 Å². The first-order valence-electron chi connectivity index (χ1n) is 7.16. The highest BCUT2D eigenvalue weighted by Gasteiger charge is 2.21. The van der Waals surface area contributed by atoms with Gasteiger partial charge in [0.05, 0.1) is 11.3 Å². The molecule has 25 heavy (non-hydrogen) atoms. The summed E-state index contributed by atoms with van der Waals surface area (Å²) in [6.07, 6.45) is 3.00. The highest BCUT2D eigenvalue weighted by molar-refractivity contribution is 7.91. The number of rotatable bonds is 6. The third-order valence-electron chi connectivity index (χ3n) is 3.50. The predicted molar refractivity (Wildman–Crippen MR) is 91.4 cm³/mol. The van der Waals surface area contributed by atoms with Crippen LogP contribution in [0.1, 0.15) is 28.9 Å². The van der Waals surface area contributed by atoms with Crippen LogP contribution in [0.25, 0.3) is 5.69 Å². The first kappa shape index (κ1) is 17.3. The second-order valence-corrected chi connectivity index (χ2v) is 8.09. The molecule has 10 heteroatoms. The van der Waals surface area contributed by atoms with Crippen LogP contribution in [0.5, 0.6) is 0 Å². The van der Waals surface area contributed by atoms with Gasteiger partial charge in [-0.3, -0.25) is 0 Å². The smallest absolute Gasteiger partial charge is 0.336 e. The number of benzene rings is 1. The van der Waals surface area contributed by atoms with Crippen LogP contribution in [0, 0.1) is 0 Å². The average Bonchev–Trinajstić information content (AvgIpc) is 3.26. The Balaban J connectivity index is 1.76. The summed E-state index contributed by atoms with van der Waals surface area (Å²) in [5, 5.41) is 14.2. The first-order chi connectivity index (χ1) is 11.9. The SMILES string of the molecule is CC(NS(=O)(=O)c1cc(C(=O)O)cs1)c1ccc(-n2cncn2)cc1. The Kier molecular flexibility index (Phi) is 4.66. The highest BCUT2D eigenvalue weighted by atomic mass is 32.2. The molecule has 0 saturated heterocycles. The average molecular weight is 378 g/mol. The number of carboxylic acid groups (broad SMARTS) is 1. The van der Waals surface area contributed by atoms with Crippen molar-refractivity contribution < 1.29 is 18.3 Å². The molecule has 2 heterocycles. The van der Waals surface area contributed by atoms with Gasteiger partial charge < -0.3 is 5.11 Å². The molecule has 1 unspecified atom stereocenters. The van der Waals surface area contributed by atoms with Crippen LogP contribution in [0.3, 0.4) is 0 Å². The van der Waals surface area contributed by atoms with E-state index in [-0.39, 0.29) is 9.77 Å². The molecule has 2 N–H and O–H groups in total. The normalized spacial score (nSPS) is 12.8.